The molecule has 1 aromatic carbocycles. The van der Waals surface area contributed by atoms with Crippen molar-refractivity contribution in [2.24, 2.45) is 0 Å². The molecule has 4 nitrogen and oxygen atoms in total. The normalized spacial score (nSPS) is 10.3. The van der Waals surface area contributed by atoms with Gasteiger partial charge in [-0.05, 0) is 18.7 Å². The number of benzene rings is 1. The van der Waals surface area contributed by atoms with Gasteiger partial charge in [-0.25, -0.2) is 9.37 Å². The molecule has 0 aliphatic carbocycles. The SMILES string of the molecule is CCNCc1cnc(Oc2cccc(F)c2)cn1. The minimum Gasteiger partial charge on any atom is -0.437 e. The van der Waals surface area contributed by atoms with Gasteiger partial charge >= 0.3 is 0 Å². The van der Waals surface area contributed by atoms with Crippen LogP contribution in [0, 0.1) is 5.82 Å². The van der Waals surface area contributed by atoms with Crippen LogP contribution in [0.1, 0.15) is 12.6 Å². The minimum absolute atomic E-state index is 0.343. The van der Waals surface area contributed by atoms with Crippen LogP contribution in [-0.4, -0.2) is 16.5 Å². The summed E-state index contributed by atoms with van der Waals surface area (Å²) in [5.41, 5.74) is 0.837. The molecule has 0 fully saturated rings. The van der Waals surface area contributed by atoms with Crippen LogP contribution in [-0.2, 0) is 6.54 Å². The fourth-order valence-electron chi connectivity index (χ4n) is 1.39. The zero-order valence-electron chi connectivity index (χ0n) is 10.1. The third-order valence-corrected chi connectivity index (χ3v) is 2.26. The topological polar surface area (TPSA) is 47.0 Å². The van der Waals surface area contributed by atoms with Crippen molar-refractivity contribution in [2.75, 3.05) is 6.54 Å². The van der Waals surface area contributed by atoms with Gasteiger partial charge in [0.2, 0.25) is 5.88 Å². The lowest BCUT2D eigenvalue weighted by molar-refractivity contribution is 0.454. The highest BCUT2D eigenvalue weighted by atomic mass is 19.1. The molecule has 0 saturated carbocycles. The summed E-state index contributed by atoms with van der Waals surface area (Å²) in [5.74, 6) is 0.411. The summed E-state index contributed by atoms with van der Waals surface area (Å²) in [6.07, 6.45) is 3.16. The molecular formula is C13H14FN3O. The number of aromatic nitrogens is 2. The summed E-state index contributed by atoms with van der Waals surface area (Å²) in [4.78, 5) is 8.30. The molecule has 0 aliphatic heterocycles. The Bertz CT molecular complexity index is 502. The molecule has 0 radical (unpaired) electrons. The summed E-state index contributed by atoms with van der Waals surface area (Å²) >= 11 is 0. The molecule has 94 valence electrons. The molecule has 0 spiro atoms. The van der Waals surface area contributed by atoms with E-state index >= 15 is 0 Å². The van der Waals surface area contributed by atoms with Gasteiger partial charge in [0.1, 0.15) is 11.6 Å². The molecule has 1 heterocycles. The Morgan fingerprint density at radius 1 is 1.28 bits per heavy atom. The Labute approximate surface area is 105 Å². The average molecular weight is 247 g/mol. The highest BCUT2D eigenvalue weighted by Crippen LogP contribution is 2.18. The van der Waals surface area contributed by atoms with Crippen LogP contribution in [0.4, 0.5) is 4.39 Å². The molecule has 0 amide bonds. The maximum absolute atomic E-state index is 12.9. The first-order chi connectivity index (χ1) is 8.78. The number of nitrogens with one attached hydrogen (secondary N) is 1. The van der Waals surface area contributed by atoms with E-state index in [4.69, 9.17) is 4.74 Å². The van der Waals surface area contributed by atoms with Crippen molar-refractivity contribution in [2.45, 2.75) is 13.5 Å². The molecule has 5 heteroatoms. The highest BCUT2D eigenvalue weighted by molar-refractivity contribution is 5.26. The van der Waals surface area contributed by atoms with E-state index in [1.807, 2.05) is 6.92 Å². The van der Waals surface area contributed by atoms with E-state index in [0.29, 0.717) is 18.2 Å². The van der Waals surface area contributed by atoms with Crippen LogP contribution < -0.4 is 10.1 Å². The molecule has 1 N–H and O–H groups in total. The maximum atomic E-state index is 12.9. The third-order valence-electron chi connectivity index (χ3n) is 2.26. The molecule has 1 aromatic heterocycles. The van der Waals surface area contributed by atoms with Gasteiger partial charge in [-0.2, -0.15) is 0 Å². The van der Waals surface area contributed by atoms with E-state index in [-0.39, 0.29) is 5.82 Å². The molecule has 0 saturated heterocycles. The smallest absolute Gasteiger partial charge is 0.237 e. The quantitative estimate of drug-likeness (QED) is 0.882. The van der Waals surface area contributed by atoms with Crippen LogP contribution in [0.2, 0.25) is 0 Å². The molecular weight excluding hydrogens is 233 g/mol. The largest absolute Gasteiger partial charge is 0.437 e. The monoisotopic (exact) mass is 247 g/mol. The summed E-state index contributed by atoms with van der Waals surface area (Å²) in [5, 5.41) is 3.15. The summed E-state index contributed by atoms with van der Waals surface area (Å²) in [6.45, 7) is 3.57. The Morgan fingerprint density at radius 3 is 2.83 bits per heavy atom. The molecule has 0 aliphatic rings. The summed E-state index contributed by atoms with van der Waals surface area (Å²) < 4.78 is 18.3. The van der Waals surface area contributed by atoms with Crippen LogP contribution in [0.3, 0.4) is 0 Å². The van der Waals surface area contributed by atoms with Gasteiger partial charge in [-0.3, -0.25) is 4.98 Å². The predicted octanol–water partition coefficient (Wildman–Crippen LogP) is 2.52. The predicted molar refractivity (Wildman–Crippen MR) is 65.9 cm³/mol. The zero-order chi connectivity index (χ0) is 12.8. The van der Waals surface area contributed by atoms with Gasteiger partial charge in [-0.15, -0.1) is 0 Å². The molecule has 18 heavy (non-hydrogen) atoms. The fraction of sp³-hybridized carbons (Fsp3) is 0.231. The van der Waals surface area contributed by atoms with Gasteiger partial charge in [0.25, 0.3) is 0 Å². The second kappa shape index (κ2) is 6.07. The van der Waals surface area contributed by atoms with E-state index in [9.17, 15) is 4.39 Å². The number of hydrogen-bond acceptors (Lipinski definition) is 4. The number of halogens is 1. The first-order valence-corrected chi connectivity index (χ1v) is 5.73. The van der Waals surface area contributed by atoms with Gasteiger partial charge in [0.15, 0.2) is 0 Å². The lowest BCUT2D eigenvalue weighted by atomic mass is 10.3. The minimum atomic E-state index is -0.343. The molecule has 2 rings (SSSR count). The van der Waals surface area contributed by atoms with Gasteiger partial charge in [0.05, 0.1) is 18.1 Å². The Kier molecular flexibility index (Phi) is 4.20. The third kappa shape index (κ3) is 3.49. The van der Waals surface area contributed by atoms with E-state index < -0.39 is 0 Å². The van der Waals surface area contributed by atoms with Gasteiger partial charge < -0.3 is 10.1 Å². The molecule has 0 unspecified atom stereocenters. The molecule has 0 atom stereocenters. The maximum Gasteiger partial charge on any atom is 0.237 e. The second-order valence-corrected chi connectivity index (χ2v) is 3.69. The van der Waals surface area contributed by atoms with Crippen molar-refractivity contribution >= 4 is 0 Å². The van der Waals surface area contributed by atoms with Crippen molar-refractivity contribution in [3.8, 4) is 11.6 Å². The number of ether oxygens (including phenoxy) is 1. The van der Waals surface area contributed by atoms with Crippen molar-refractivity contribution in [3.05, 3.63) is 48.2 Å². The fourth-order valence-corrected chi connectivity index (χ4v) is 1.39. The summed E-state index contributed by atoms with van der Waals surface area (Å²) in [7, 11) is 0. The van der Waals surface area contributed by atoms with E-state index in [0.717, 1.165) is 12.2 Å². The first-order valence-electron chi connectivity index (χ1n) is 5.73. The standard InChI is InChI=1S/C13H14FN3O/c1-2-15-7-11-8-17-13(9-16-11)18-12-5-3-4-10(14)6-12/h3-6,8-9,15H,2,7H2,1H3. The van der Waals surface area contributed by atoms with Gasteiger partial charge in [-0.1, -0.05) is 13.0 Å². The summed E-state index contributed by atoms with van der Waals surface area (Å²) in [6, 6.07) is 5.90. The zero-order valence-corrected chi connectivity index (χ0v) is 10.1. The van der Waals surface area contributed by atoms with E-state index in [1.165, 1.54) is 18.3 Å². The highest BCUT2D eigenvalue weighted by Gasteiger charge is 2.01. The van der Waals surface area contributed by atoms with Crippen LogP contribution in [0.5, 0.6) is 11.6 Å². The molecule has 0 bridgehead atoms. The Hall–Kier alpha value is -2.01. The van der Waals surface area contributed by atoms with E-state index in [2.05, 4.69) is 15.3 Å². The Morgan fingerprint density at radius 2 is 2.17 bits per heavy atom. The first kappa shape index (κ1) is 12.4. The van der Waals surface area contributed by atoms with Gasteiger partial charge in [0, 0.05) is 12.6 Å². The number of hydrogen-bond donors (Lipinski definition) is 1. The molecule has 2 aromatic rings. The Balaban J connectivity index is 2.02. The van der Waals surface area contributed by atoms with Crippen LogP contribution >= 0.6 is 0 Å². The number of rotatable bonds is 5. The van der Waals surface area contributed by atoms with Crippen molar-refractivity contribution in [1.29, 1.82) is 0 Å². The average Bonchev–Trinajstić information content (AvgIpc) is 2.38. The lowest BCUT2D eigenvalue weighted by Crippen LogP contribution is -2.13. The number of nitrogens with zero attached hydrogens (tertiary/aromatic N) is 2. The van der Waals surface area contributed by atoms with Crippen molar-refractivity contribution < 1.29 is 9.13 Å². The van der Waals surface area contributed by atoms with E-state index in [1.54, 1.807) is 18.3 Å². The van der Waals surface area contributed by atoms with Crippen LogP contribution in [0.25, 0.3) is 0 Å². The van der Waals surface area contributed by atoms with Crippen LogP contribution in [0.15, 0.2) is 36.7 Å². The lowest BCUT2D eigenvalue weighted by Gasteiger charge is -2.05. The second-order valence-electron chi connectivity index (χ2n) is 3.69. The van der Waals surface area contributed by atoms with Crippen molar-refractivity contribution in [1.82, 2.24) is 15.3 Å². The van der Waals surface area contributed by atoms with Crippen molar-refractivity contribution in [3.63, 3.8) is 0 Å².